The maximum atomic E-state index is 11.5. The van der Waals surface area contributed by atoms with Gasteiger partial charge in [0.25, 0.3) is 0 Å². The number of amides is 1. The average molecular weight is 357 g/mol. The molecule has 0 saturated carbocycles. The first-order valence-electron chi connectivity index (χ1n) is 7.25. The third kappa shape index (κ3) is 6.96. The first kappa shape index (κ1) is 18.0. The summed E-state index contributed by atoms with van der Waals surface area (Å²) < 4.78 is 6.86. The molecule has 21 heavy (non-hydrogen) atoms. The molecule has 1 amide bonds. The van der Waals surface area contributed by atoms with Crippen LogP contribution in [0.1, 0.15) is 32.3 Å². The van der Waals surface area contributed by atoms with E-state index in [0.29, 0.717) is 19.1 Å². The summed E-state index contributed by atoms with van der Waals surface area (Å²) in [5, 5.41) is 3.39. The van der Waals surface area contributed by atoms with Crippen molar-refractivity contribution in [2.24, 2.45) is 0 Å². The summed E-state index contributed by atoms with van der Waals surface area (Å²) in [5.41, 5.74) is 1.12. The highest BCUT2D eigenvalue weighted by atomic mass is 79.9. The molecule has 0 aliphatic rings. The summed E-state index contributed by atoms with van der Waals surface area (Å²) in [6.45, 7) is 5.55. The van der Waals surface area contributed by atoms with Gasteiger partial charge in [0.05, 0.1) is 6.61 Å². The van der Waals surface area contributed by atoms with Gasteiger partial charge in [-0.2, -0.15) is 0 Å². The molecule has 0 aromatic heterocycles. The fourth-order valence-corrected chi connectivity index (χ4v) is 2.18. The first-order chi connectivity index (χ1) is 9.90. The highest BCUT2D eigenvalue weighted by Crippen LogP contribution is 2.23. The number of hydrogen-bond acceptors (Lipinski definition) is 3. The standard InChI is InChI=1S/C16H25BrN2O2/c1-12(2)18-11-13-10-14(17)7-8-15(13)21-9-5-6-16(20)19(3)4/h7-8,10,12,18H,5-6,9,11H2,1-4H3. The third-order valence-corrected chi connectivity index (χ3v) is 3.51. The molecule has 1 aromatic carbocycles. The molecule has 0 aliphatic carbocycles. The highest BCUT2D eigenvalue weighted by Gasteiger charge is 2.07. The molecule has 0 atom stereocenters. The lowest BCUT2D eigenvalue weighted by molar-refractivity contribution is -0.128. The Hall–Kier alpha value is -1.07. The van der Waals surface area contributed by atoms with E-state index in [1.54, 1.807) is 19.0 Å². The van der Waals surface area contributed by atoms with Crippen molar-refractivity contribution in [3.63, 3.8) is 0 Å². The Labute approximate surface area is 136 Å². The number of benzene rings is 1. The van der Waals surface area contributed by atoms with E-state index >= 15 is 0 Å². The van der Waals surface area contributed by atoms with Gasteiger partial charge in [0.1, 0.15) is 5.75 Å². The molecule has 0 heterocycles. The lowest BCUT2D eigenvalue weighted by atomic mass is 10.2. The van der Waals surface area contributed by atoms with Gasteiger partial charge in [-0.3, -0.25) is 4.79 Å². The molecule has 0 bridgehead atoms. The summed E-state index contributed by atoms with van der Waals surface area (Å²) in [4.78, 5) is 13.1. The van der Waals surface area contributed by atoms with Crippen LogP contribution in [0.3, 0.4) is 0 Å². The number of nitrogens with zero attached hydrogens (tertiary/aromatic N) is 1. The molecule has 0 saturated heterocycles. The molecule has 1 N–H and O–H groups in total. The van der Waals surface area contributed by atoms with Gasteiger partial charge in [-0.15, -0.1) is 0 Å². The molecule has 5 heteroatoms. The van der Waals surface area contributed by atoms with E-state index in [1.165, 1.54) is 0 Å². The molecular formula is C16H25BrN2O2. The second-order valence-corrected chi connectivity index (χ2v) is 6.44. The van der Waals surface area contributed by atoms with Gasteiger partial charge in [0.15, 0.2) is 0 Å². The minimum absolute atomic E-state index is 0.135. The molecule has 1 aromatic rings. The van der Waals surface area contributed by atoms with Gasteiger partial charge in [0.2, 0.25) is 5.91 Å². The van der Waals surface area contributed by atoms with Crippen LogP contribution in [0.15, 0.2) is 22.7 Å². The highest BCUT2D eigenvalue weighted by molar-refractivity contribution is 9.10. The number of carbonyl (C=O) groups is 1. The normalized spacial score (nSPS) is 10.8. The minimum Gasteiger partial charge on any atom is -0.493 e. The number of nitrogens with one attached hydrogen (secondary N) is 1. The Bertz CT molecular complexity index is 462. The Morgan fingerprint density at radius 1 is 1.38 bits per heavy atom. The molecule has 0 spiro atoms. The van der Waals surface area contributed by atoms with Gasteiger partial charge >= 0.3 is 0 Å². The van der Waals surface area contributed by atoms with Gasteiger partial charge in [-0.05, 0) is 24.6 Å². The molecular weight excluding hydrogens is 332 g/mol. The molecule has 4 nitrogen and oxygen atoms in total. The fraction of sp³-hybridized carbons (Fsp3) is 0.562. The second-order valence-electron chi connectivity index (χ2n) is 5.53. The number of carbonyl (C=O) groups excluding carboxylic acids is 1. The predicted octanol–water partition coefficient (Wildman–Crippen LogP) is 3.19. The van der Waals surface area contributed by atoms with Gasteiger partial charge in [-0.25, -0.2) is 0 Å². The quantitative estimate of drug-likeness (QED) is 0.727. The zero-order chi connectivity index (χ0) is 15.8. The van der Waals surface area contributed by atoms with Crippen molar-refractivity contribution in [2.45, 2.75) is 39.3 Å². The van der Waals surface area contributed by atoms with E-state index in [9.17, 15) is 4.79 Å². The number of rotatable bonds is 8. The second kappa shape index (κ2) is 9.05. The lowest BCUT2D eigenvalue weighted by Gasteiger charge is -2.15. The van der Waals surface area contributed by atoms with Crippen LogP contribution in [-0.4, -0.2) is 37.6 Å². The van der Waals surface area contributed by atoms with Crippen LogP contribution >= 0.6 is 15.9 Å². The summed E-state index contributed by atoms with van der Waals surface area (Å²) in [7, 11) is 3.54. The summed E-state index contributed by atoms with van der Waals surface area (Å²) in [5.74, 6) is 1.01. The van der Waals surface area contributed by atoms with Crippen molar-refractivity contribution >= 4 is 21.8 Å². The third-order valence-electron chi connectivity index (χ3n) is 3.01. The molecule has 0 radical (unpaired) electrons. The van der Waals surface area contributed by atoms with E-state index in [4.69, 9.17) is 4.74 Å². The number of ether oxygens (including phenoxy) is 1. The van der Waals surface area contributed by atoms with Crippen LogP contribution in [0.25, 0.3) is 0 Å². The lowest BCUT2D eigenvalue weighted by Crippen LogP contribution is -2.22. The number of hydrogen-bond donors (Lipinski definition) is 1. The zero-order valence-corrected chi connectivity index (χ0v) is 14.9. The molecule has 0 unspecified atom stereocenters. The summed E-state index contributed by atoms with van der Waals surface area (Å²) in [6.07, 6.45) is 1.24. The van der Waals surface area contributed by atoms with Gasteiger partial charge in [0, 0.05) is 43.1 Å². The van der Waals surface area contributed by atoms with E-state index in [2.05, 4.69) is 41.2 Å². The summed E-state index contributed by atoms with van der Waals surface area (Å²) >= 11 is 3.49. The average Bonchev–Trinajstić information content (AvgIpc) is 2.42. The number of halogens is 1. The van der Waals surface area contributed by atoms with Crippen LogP contribution in [0.5, 0.6) is 5.75 Å². The van der Waals surface area contributed by atoms with Crippen molar-refractivity contribution < 1.29 is 9.53 Å². The first-order valence-corrected chi connectivity index (χ1v) is 8.04. The maximum absolute atomic E-state index is 11.5. The topological polar surface area (TPSA) is 41.6 Å². The molecule has 118 valence electrons. The largest absolute Gasteiger partial charge is 0.493 e. The van der Waals surface area contributed by atoms with E-state index in [1.807, 2.05) is 12.1 Å². The SMILES string of the molecule is CC(C)NCc1cc(Br)ccc1OCCCC(=O)N(C)C. The van der Waals surface area contributed by atoms with Gasteiger partial charge < -0.3 is 15.0 Å². The van der Waals surface area contributed by atoms with Crippen molar-refractivity contribution in [3.05, 3.63) is 28.2 Å². The summed E-state index contributed by atoms with van der Waals surface area (Å²) in [6, 6.07) is 6.43. The van der Waals surface area contributed by atoms with Crippen molar-refractivity contribution in [2.75, 3.05) is 20.7 Å². The Kier molecular flexibility index (Phi) is 7.75. The van der Waals surface area contributed by atoms with Crippen LogP contribution in [0.2, 0.25) is 0 Å². The van der Waals surface area contributed by atoms with Crippen molar-refractivity contribution in [3.8, 4) is 5.75 Å². The molecule has 1 rings (SSSR count). The predicted molar refractivity (Wildman–Crippen MR) is 89.5 cm³/mol. The Morgan fingerprint density at radius 3 is 2.71 bits per heavy atom. The molecule has 0 aliphatic heterocycles. The Balaban J connectivity index is 2.51. The van der Waals surface area contributed by atoms with Crippen molar-refractivity contribution in [1.82, 2.24) is 10.2 Å². The van der Waals surface area contributed by atoms with Crippen LogP contribution in [0, 0.1) is 0 Å². The maximum Gasteiger partial charge on any atom is 0.222 e. The van der Waals surface area contributed by atoms with Crippen LogP contribution in [0.4, 0.5) is 0 Å². The Morgan fingerprint density at radius 2 is 2.10 bits per heavy atom. The van der Waals surface area contributed by atoms with E-state index in [0.717, 1.165) is 28.8 Å². The fourth-order valence-electron chi connectivity index (χ4n) is 1.77. The minimum atomic E-state index is 0.135. The van der Waals surface area contributed by atoms with Crippen molar-refractivity contribution in [1.29, 1.82) is 0 Å². The van der Waals surface area contributed by atoms with E-state index in [-0.39, 0.29) is 5.91 Å². The zero-order valence-electron chi connectivity index (χ0n) is 13.3. The molecule has 0 fully saturated rings. The van der Waals surface area contributed by atoms with Crippen LogP contribution in [-0.2, 0) is 11.3 Å². The van der Waals surface area contributed by atoms with E-state index < -0.39 is 0 Å². The smallest absolute Gasteiger partial charge is 0.222 e. The van der Waals surface area contributed by atoms with Crippen LogP contribution < -0.4 is 10.1 Å². The van der Waals surface area contributed by atoms with Gasteiger partial charge in [-0.1, -0.05) is 29.8 Å². The monoisotopic (exact) mass is 356 g/mol.